The van der Waals surface area contributed by atoms with Gasteiger partial charge in [-0.25, -0.2) is 0 Å². The molecular weight excluding hydrogens is 540 g/mol. The molecule has 0 radical (unpaired) electrons. The van der Waals surface area contributed by atoms with Crippen LogP contribution in [0.4, 0.5) is 17.6 Å². The molecule has 0 saturated carbocycles. The first kappa shape index (κ1) is 30.4. The van der Waals surface area contributed by atoms with Crippen LogP contribution in [0.25, 0.3) is 0 Å². The highest BCUT2D eigenvalue weighted by Gasteiger charge is 2.15. The van der Waals surface area contributed by atoms with Crippen LogP contribution in [-0.2, 0) is 16.1 Å². The van der Waals surface area contributed by atoms with Crippen LogP contribution in [0.5, 0.6) is 17.5 Å². The van der Waals surface area contributed by atoms with Gasteiger partial charge in [0.05, 0.1) is 25.9 Å². The Morgan fingerprint density at radius 3 is 2.40 bits per heavy atom. The number of nitrogens with one attached hydrogen (secondary N) is 3. The maximum absolute atomic E-state index is 13.0. The van der Waals surface area contributed by atoms with Gasteiger partial charge in [-0.15, -0.1) is 0 Å². The van der Waals surface area contributed by atoms with E-state index < -0.39 is 6.01 Å². The molecule has 5 rings (SSSR count). The minimum Gasteiger partial charge on any atom is -0.494 e. The number of carbonyl (C=O) groups excluding carboxylic acids is 2. The molecule has 2 aliphatic rings. The van der Waals surface area contributed by atoms with Gasteiger partial charge < -0.3 is 35.3 Å². The van der Waals surface area contributed by atoms with E-state index in [1.54, 1.807) is 18.2 Å². The van der Waals surface area contributed by atoms with Crippen LogP contribution >= 0.6 is 0 Å². The van der Waals surface area contributed by atoms with E-state index in [2.05, 4.69) is 35.6 Å². The zero-order valence-electron chi connectivity index (χ0n) is 23.9. The normalized spacial score (nSPS) is 14.3. The molecule has 3 heterocycles. The highest BCUT2D eigenvalue weighted by molar-refractivity contribution is 5.97. The standard InChI is InChI=1S/C30H38N6O6/c1-40-26(37)9-8-16-31-27(38)24-15-12-22-19-25(24)42-18-7-5-3-2-4-6-17-41-23-13-10-21(11-14-23)20-32-28-34-29(33-22)36-30(39)35-28/h10-15,19H,2-9,16-18,20H2,1H3,(H,31,38)(H3,32,33,34,35,36,39). The van der Waals surface area contributed by atoms with E-state index in [4.69, 9.17) is 9.47 Å². The molecule has 4 N–H and O–H groups in total. The van der Waals surface area contributed by atoms with Gasteiger partial charge in [0.2, 0.25) is 11.9 Å². The first-order chi connectivity index (χ1) is 20.5. The SMILES string of the molecule is COC(=O)CCCNC(=O)c1ccc2cc1OCCCCCCCCOc1ccc(cc1)CNc1nc(O)nc(n1)N2. The zero-order chi connectivity index (χ0) is 29.6. The minimum atomic E-state index is -0.441. The summed E-state index contributed by atoms with van der Waals surface area (Å²) in [6.07, 6.45) is 6.82. The second-order valence-corrected chi connectivity index (χ2v) is 9.87. The van der Waals surface area contributed by atoms with Crippen LogP contribution in [0.2, 0.25) is 0 Å². The average molecular weight is 579 g/mol. The molecule has 1 aromatic heterocycles. The van der Waals surface area contributed by atoms with Crippen molar-refractivity contribution in [1.29, 1.82) is 0 Å². The van der Waals surface area contributed by atoms with Gasteiger partial charge in [0.1, 0.15) is 11.5 Å². The van der Waals surface area contributed by atoms with E-state index in [1.165, 1.54) is 7.11 Å². The predicted octanol–water partition coefficient (Wildman–Crippen LogP) is 4.73. The summed E-state index contributed by atoms with van der Waals surface area (Å²) >= 11 is 0. The van der Waals surface area contributed by atoms with Crippen LogP contribution in [-0.4, -0.2) is 58.8 Å². The highest BCUT2D eigenvalue weighted by Crippen LogP contribution is 2.26. The topological polar surface area (TPSA) is 157 Å². The van der Waals surface area contributed by atoms with Gasteiger partial charge in [-0.1, -0.05) is 37.8 Å². The van der Waals surface area contributed by atoms with Crippen molar-refractivity contribution in [2.45, 2.75) is 57.9 Å². The van der Waals surface area contributed by atoms with Crippen LogP contribution in [0.15, 0.2) is 42.5 Å². The fourth-order valence-electron chi connectivity index (χ4n) is 4.34. The lowest BCUT2D eigenvalue weighted by Gasteiger charge is -2.14. The lowest BCUT2D eigenvalue weighted by Crippen LogP contribution is -2.25. The Hall–Kier alpha value is -4.61. The summed E-state index contributed by atoms with van der Waals surface area (Å²) in [4.78, 5) is 36.6. The Balaban J connectivity index is 1.50. The molecule has 12 heteroatoms. The lowest BCUT2D eigenvalue weighted by molar-refractivity contribution is -0.140. The number of rotatable bonds is 5. The summed E-state index contributed by atoms with van der Waals surface area (Å²) in [7, 11) is 1.34. The van der Waals surface area contributed by atoms with Crippen molar-refractivity contribution in [3.63, 3.8) is 0 Å². The quantitative estimate of drug-likeness (QED) is 0.245. The molecule has 2 aromatic carbocycles. The fourth-order valence-corrected chi connectivity index (χ4v) is 4.34. The number of carbonyl (C=O) groups is 2. The van der Waals surface area contributed by atoms with Gasteiger partial charge in [0.15, 0.2) is 0 Å². The maximum atomic E-state index is 13.0. The minimum absolute atomic E-state index is 0.123. The summed E-state index contributed by atoms with van der Waals surface area (Å²) < 4.78 is 16.6. The third kappa shape index (κ3) is 9.79. The molecule has 3 aromatic rings. The molecule has 12 nitrogen and oxygen atoms in total. The first-order valence-corrected chi connectivity index (χ1v) is 14.3. The van der Waals surface area contributed by atoms with Crippen molar-refractivity contribution < 1.29 is 28.9 Å². The van der Waals surface area contributed by atoms with E-state index in [9.17, 15) is 14.7 Å². The van der Waals surface area contributed by atoms with Crippen molar-refractivity contribution in [2.75, 3.05) is 37.5 Å². The zero-order valence-corrected chi connectivity index (χ0v) is 23.9. The molecule has 0 fully saturated rings. The average Bonchev–Trinajstić information content (AvgIpc) is 2.99. The second kappa shape index (κ2) is 16.0. The second-order valence-electron chi connectivity index (χ2n) is 9.87. The van der Waals surface area contributed by atoms with Gasteiger partial charge in [0.25, 0.3) is 5.91 Å². The predicted molar refractivity (Wildman–Crippen MR) is 157 cm³/mol. The van der Waals surface area contributed by atoms with Crippen LogP contribution in [0.1, 0.15) is 67.3 Å². The monoisotopic (exact) mass is 578 g/mol. The Bertz CT molecular complexity index is 1320. The van der Waals surface area contributed by atoms with Gasteiger partial charge in [-0.3, -0.25) is 9.59 Å². The maximum Gasteiger partial charge on any atom is 0.320 e. The van der Waals surface area contributed by atoms with E-state index >= 15 is 0 Å². The number of benzene rings is 2. The number of amides is 1. The molecule has 0 aliphatic carbocycles. The first-order valence-electron chi connectivity index (χ1n) is 14.3. The summed E-state index contributed by atoms with van der Waals surface area (Å²) in [6.45, 7) is 1.88. The molecule has 6 bridgehead atoms. The summed E-state index contributed by atoms with van der Waals surface area (Å²) in [5.41, 5.74) is 1.93. The molecule has 0 unspecified atom stereocenters. The number of fused-ring (bicyclic) bond motifs is 12. The van der Waals surface area contributed by atoms with Gasteiger partial charge >= 0.3 is 12.0 Å². The number of nitrogens with zero attached hydrogens (tertiary/aromatic N) is 3. The Morgan fingerprint density at radius 2 is 1.64 bits per heavy atom. The molecule has 0 spiro atoms. The van der Waals surface area contributed by atoms with E-state index in [-0.39, 0.29) is 30.2 Å². The van der Waals surface area contributed by atoms with Crippen LogP contribution in [0.3, 0.4) is 0 Å². The number of aromatic hydroxyl groups is 1. The largest absolute Gasteiger partial charge is 0.494 e. The summed E-state index contributed by atoms with van der Waals surface area (Å²) in [5.74, 6) is 0.923. The van der Waals surface area contributed by atoms with Crippen molar-refractivity contribution in [1.82, 2.24) is 20.3 Å². The van der Waals surface area contributed by atoms with E-state index in [0.717, 1.165) is 49.8 Å². The Morgan fingerprint density at radius 1 is 0.929 bits per heavy atom. The molecule has 1 amide bonds. The van der Waals surface area contributed by atoms with Crippen molar-refractivity contribution in [3.8, 4) is 17.5 Å². The molecular formula is C30H38N6O6. The van der Waals surface area contributed by atoms with Gasteiger partial charge in [-0.2, -0.15) is 15.0 Å². The third-order valence-corrected chi connectivity index (χ3v) is 6.62. The van der Waals surface area contributed by atoms with E-state index in [1.807, 2.05) is 24.3 Å². The van der Waals surface area contributed by atoms with Crippen molar-refractivity contribution >= 4 is 29.5 Å². The van der Waals surface area contributed by atoms with Gasteiger partial charge in [0, 0.05) is 31.3 Å². The van der Waals surface area contributed by atoms with Crippen LogP contribution in [0, 0.1) is 0 Å². The molecule has 42 heavy (non-hydrogen) atoms. The summed E-state index contributed by atoms with van der Waals surface area (Å²) in [5, 5.41) is 19.1. The van der Waals surface area contributed by atoms with Gasteiger partial charge in [-0.05, 0) is 49.1 Å². The number of hydrogen-bond acceptors (Lipinski definition) is 11. The Labute approximate surface area is 245 Å². The van der Waals surface area contributed by atoms with Crippen LogP contribution < -0.4 is 25.4 Å². The number of esters is 1. The summed E-state index contributed by atoms with van der Waals surface area (Å²) in [6, 6.07) is 12.4. The molecule has 0 saturated heterocycles. The smallest absolute Gasteiger partial charge is 0.320 e. The highest BCUT2D eigenvalue weighted by atomic mass is 16.5. The number of methoxy groups -OCH3 is 1. The Kier molecular flexibility index (Phi) is 11.6. The molecule has 2 aliphatic heterocycles. The van der Waals surface area contributed by atoms with Crippen molar-refractivity contribution in [3.05, 3.63) is 53.6 Å². The number of hydrogen-bond donors (Lipinski definition) is 4. The third-order valence-electron chi connectivity index (χ3n) is 6.62. The molecule has 224 valence electrons. The number of aromatic nitrogens is 3. The number of anilines is 3. The number of ether oxygens (including phenoxy) is 3. The molecule has 0 atom stereocenters. The van der Waals surface area contributed by atoms with Crippen molar-refractivity contribution in [2.24, 2.45) is 0 Å². The van der Waals surface area contributed by atoms with E-state index in [0.29, 0.717) is 49.7 Å². The lowest BCUT2D eigenvalue weighted by atomic mass is 10.1. The fraction of sp³-hybridized carbons (Fsp3) is 0.433.